The number of aryl methyl sites for hydroxylation is 1. The van der Waals surface area contributed by atoms with Crippen molar-refractivity contribution in [2.75, 3.05) is 0 Å². The van der Waals surface area contributed by atoms with Gasteiger partial charge in [0, 0.05) is 46.1 Å². The second-order valence-corrected chi connectivity index (χ2v) is 11.7. The Kier molecular flexibility index (Phi) is 6.46. The van der Waals surface area contributed by atoms with Gasteiger partial charge in [-0.1, -0.05) is 85.5 Å². The summed E-state index contributed by atoms with van der Waals surface area (Å²) >= 11 is 0. The highest BCUT2D eigenvalue weighted by Crippen LogP contribution is 2.30. The minimum atomic E-state index is 0.743. The highest BCUT2D eigenvalue weighted by atomic mass is 15.0. The van der Waals surface area contributed by atoms with Crippen LogP contribution < -0.4 is 15.0 Å². The minimum Gasteiger partial charge on any atom is -0.256 e. The highest BCUT2D eigenvalue weighted by molar-refractivity contribution is 6.09. The van der Waals surface area contributed by atoms with E-state index >= 15 is 0 Å². The molecule has 0 aliphatic rings. The normalized spacial score (nSPS) is 12.7. The molecule has 0 atom stereocenters. The molecule has 3 heteroatoms. The summed E-state index contributed by atoms with van der Waals surface area (Å²) in [6, 6.07) is 36.8. The van der Waals surface area contributed by atoms with Crippen molar-refractivity contribution < 1.29 is 4.57 Å². The average molecular weight is 579 g/mol. The molecule has 8 rings (SSSR count). The van der Waals surface area contributed by atoms with E-state index in [1.165, 1.54) is 43.5 Å². The Morgan fingerprint density at radius 1 is 0.711 bits per heavy atom. The van der Waals surface area contributed by atoms with Crippen LogP contribution in [-0.2, 0) is 6.42 Å². The molecule has 0 N–H and O–H groups in total. The predicted octanol–water partition coefficient (Wildman–Crippen LogP) is 8.21. The van der Waals surface area contributed by atoms with Crippen molar-refractivity contribution in [3.05, 3.63) is 155 Å². The van der Waals surface area contributed by atoms with Gasteiger partial charge in [0.1, 0.15) is 0 Å². The summed E-state index contributed by atoms with van der Waals surface area (Å²) in [5.41, 5.74) is 7.94. The van der Waals surface area contributed by atoms with Crippen LogP contribution >= 0.6 is 0 Å². The van der Waals surface area contributed by atoms with E-state index < -0.39 is 0 Å². The molecule has 0 bridgehead atoms. The lowest BCUT2D eigenvalue weighted by Gasteiger charge is -2.12. The van der Waals surface area contributed by atoms with Gasteiger partial charge in [0.2, 0.25) is 11.2 Å². The SMILES string of the molecule is C=c1c(C)cc2ccc[n+](-c3cccc4ccc5cccnc5c34)c2/c1=C(/C=C\C)Cc1cccc2ccc3cccnc3c12. The van der Waals surface area contributed by atoms with Crippen LogP contribution in [0, 0.1) is 6.92 Å². The van der Waals surface area contributed by atoms with Crippen molar-refractivity contribution in [2.24, 2.45) is 0 Å². The first kappa shape index (κ1) is 26.9. The second-order valence-electron chi connectivity index (χ2n) is 11.7. The molecule has 214 valence electrons. The van der Waals surface area contributed by atoms with Gasteiger partial charge in [-0.3, -0.25) is 9.97 Å². The lowest BCUT2D eigenvalue weighted by Crippen LogP contribution is -2.42. The fourth-order valence-corrected chi connectivity index (χ4v) is 6.98. The van der Waals surface area contributed by atoms with Crippen molar-refractivity contribution in [1.82, 2.24) is 9.97 Å². The van der Waals surface area contributed by atoms with Gasteiger partial charge in [-0.25, -0.2) is 0 Å². The number of benzene rings is 5. The maximum absolute atomic E-state index is 4.86. The fourth-order valence-electron chi connectivity index (χ4n) is 6.98. The molecule has 0 amide bonds. The third kappa shape index (κ3) is 4.39. The van der Waals surface area contributed by atoms with Crippen molar-refractivity contribution in [2.45, 2.75) is 20.3 Å². The van der Waals surface area contributed by atoms with E-state index in [0.717, 1.165) is 50.0 Å². The van der Waals surface area contributed by atoms with Crippen LogP contribution in [0.1, 0.15) is 18.1 Å². The molecule has 3 nitrogen and oxygen atoms in total. The van der Waals surface area contributed by atoms with E-state index in [1.54, 1.807) is 0 Å². The lowest BCUT2D eigenvalue weighted by molar-refractivity contribution is -0.566. The number of aromatic nitrogens is 3. The maximum Gasteiger partial charge on any atom is 0.226 e. The monoisotopic (exact) mass is 578 g/mol. The third-order valence-electron chi connectivity index (χ3n) is 9.04. The summed E-state index contributed by atoms with van der Waals surface area (Å²) in [7, 11) is 0. The second kappa shape index (κ2) is 10.8. The molecule has 3 heterocycles. The summed E-state index contributed by atoms with van der Waals surface area (Å²) < 4.78 is 2.35. The van der Waals surface area contributed by atoms with Crippen LogP contribution in [0.3, 0.4) is 0 Å². The first-order valence-corrected chi connectivity index (χ1v) is 15.4. The van der Waals surface area contributed by atoms with Gasteiger partial charge < -0.3 is 0 Å². The summed E-state index contributed by atoms with van der Waals surface area (Å²) in [4.78, 5) is 9.69. The standard InChI is InChI=1S/C42H32N3/c1-4-10-33(26-34-13-5-11-29-18-20-31-14-7-22-43-40(31)38(29)34)37-28(3)27(2)25-35-16-9-24-45(42(35)37)36-17-6-12-30-19-21-32-15-8-23-44-41(32)39(30)36/h4-25H,3,26H2,1-2H3/q+1/b10-4-,37-33-. The molecule has 0 spiro atoms. The number of nitrogens with zero attached hydrogens (tertiary/aromatic N) is 3. The topological polar surface area (TPSA) is 29.7 Å². The summed E-state index contributed by atoms with van der Waals surface area (Å²) in [5, 5.41) is 10.4. The van der Waals surface area contributed by atoms with Crippen LogP contribution in [0.25, 0.3) is 72.1 Å². The number of pyridine rings is 3. The van der Waals surface area contributed by atoms with E-state index in [9.17, 15) is 0 Å². The number of rotatable bonds is 4. The Morgan fingerprint density at radius 2 is 1.33 bits per heavy atom. The Bertz CT molecular complexity index is 2610. The summed E-state index contributed by atoms with van der Waals surface area (Å²) in [6.45, 7) is 8.94. The zero-order valence-electron chi connectivity index (χ0n) is 25.5. The van der Waals surface area contributed by atoms with E-state index in [2.05, 4.69) is 134 Å². The van der Waals surface area contributed by atoms with Gasteiger partial charge in [0.15, 0.2) is 6.20 Å². The van der Waals surface area contributed by atoms with E-state index in [-0.39, 0.29) is 0 Å². The molecule has 0 unspecified atom stereocenters. The van der Waals surface area contributed by atoms with Crippen LogP contribution in [0.15, 0.2) is 134 Å². The van der Waals surface area contributed by atoms with Crippen molar-refractivity contribution >= 4 is 66.4 Å². The first-order chi connectivity index (χ1) is 22.1. The van der Waals surface area contributed by atoms with Gasteiger partial charge in [-0.15, -0.1) is 0 Å². The van der Waals surface area contributed by atoms with Gasteiger partial charge in [0.05, 0.1) is 21.6 Å². The average Bonchev–Trinajstić information content (AvgIpc) is 3.08. The highest BCUT2D eigenvalue weighted by Gasteiger charge is 2.21. The molecule has 0 aliphatic carbocycles. The van der Waals surface area contributed by atoms with E-state index in [0.29, 0.717) is 0 Å². The van der Waals surface area contributed by atoms with Gasteiger partial charge in [-0.05, 0) is 77.2 Å². The molecule has 5 aromatic carbocycles. The van der Waals surface area contributed by atoms with E-state index in [4.69, 9.17) is 9.97 Å². The number of fused-ring (bicyclic) bond motifs is 7. The fraction of sp³-hybridized carbons (Fsp3) is 0.0714. The molecule has 0 fully saturated rings. The molecular formula is C42H32N3+. The van der Waals surface area contributed by atoms with Crippen LogP contribution in [0.4, 0.5) is 0 Å². The Labute approximate surface area is 261 Å². The Morgan fingerprint density at radius 3 is 2.07 bits per heavy atom. The predicted molar refractivity (Wildman–Crippen MR) is 189 cm³/mol. The van der Waals surface area contributed by atoms with Crippen LogP contribution in [0.2, 0.25) is 0 Å². The number of hydrogen-bond acceptors (Lipinski definition) is 2. The molecule has 0 saturated carbocycles. The minimum absolute atomic E-state index is 0.743. The number of allylic oxidation sites excluding steroid dienone is 2. The van der Waals surface area contributed by atoms with E-state index in [1.807, 2.05) is 24.5 Å². The Balaban J connectivity index is 1.50. The molecular weight excluding hydrogens is 546 g/mol. The summed E-state index contributed by atoms with van der Waals surface area (Å²) in [6.07, 6.45) is 11.1. The zero-order chi connectivity index (χ0) is 30.5. The molecule has 3 aromatic heterocycles. The molecule has 0 aliphatic heterocycles. The molecule has 45 heavy (non-hydrogen) atoms. The van der Waals surface area contributed by atoms with Gasteiger partial charge >= 0.3 is 0 Å². The van der Waals surface area contributed by atoms with Crippen molar-refractivity contribution in [3.8, 4) is 5.69 Å². The zero-order valence-corrected chi connectivity index (χ0v) is 25.5. The maximum atomic E-state index is 4.86. The van der Waals surface area contributed by atoms with Crippen molar-refractivity contribution in [3.63, 3.8) is 0 Å². The summed E-state index contributed by atoms with van der Waals surface area (Å²) in [5.74, 6) is 0. The molecule has 0 radical (unpaired) electrons. The molecule has 8 aromatic rings. The third-order valence-corrected chi connectivity index (χ3v) is 9.04. The molecule has 0 saturated heterocycles. The van der Waals surface area contributed by atoms with Gasteiger partial charge in [-0.2, -0.15) is 4.57 Å². The largest absolute Gasteiger partial charge is 0.256 e. The first-order valence-electron chi connectivity index (χ1n) is 15.4. The van der Waals surface area contributed by atoms with Crippen LogP contribution in [0.5, 0.6) is 0 Å². The van der Waals surface area contributed by atoms with Gasteiger partial charge in [0.25, 0.3) is 0 Å². The smallest absolute Gasteiger partial charge is 0.226 e. The van der Waals surface area contributed by atoms with Crippen molar-refractivity contribution in [1.29, 1.82) is 0 Å². The Hall–Kier alpha value is -5.67. The quantitative estimate of drug-likeness (QED) is 0.156. The lowest BCUT2D eigenvalue weighted by atomic mass is 9.93. The van der Waals surface area contributed by atoms with Crippen LogP contribution in [-0.4, -0.2) is 9.97 Å². The number of hydrogen-bond donors (Lipinski definition) is 0.